The summed E-state index contributed by atoms with van der Waals surface area (Å²) in [5, 5.41) is 8.57. The highest BCUT2D eigenvalue weighted by Crippen LogP contribution is 2.31. The van der Waals surface area contributed by atoms with Crippen LogP contribution < -0.4 is 10.2 Å². The SMILES string of the molecule is Cc1nn(-c2ccccc2)c2sc(C(=O)Nc3cccc(N4CCCC4=O)c3)cc12. The van der Waals surface area contributed by atoms with E-state index in [2.05, 4.69) is 10.4 Å². The number of nitrogens with zero attached hydrogens (tertiary/aromatic N) is 3. The van der Waals surface area contributed by atoms with Crippen LogP contribution in [0.25, 0.3) is 15.9 Å². The molecule has 4 aromatic rings. The molecule has 0 spiro atoms. The second-order valence-electron chi connectivity index (χ2n) is 7.32. The fraction of sp³-hybridized carbons (Fsp3) is 0.174. The first-order chi connectivity index (χ1) is 14.6. The number of anilines is 2. The van der Waals surface area contributed by atoms with Crippen LogP contribution in [0.15, 0.2) is 60.7 Å². The maximum Gasteiger partial charge on any atom is 0.265 e. The topological polar surface area (TPSA) is 67.2 Å². The van der Waals surface area contributed by atoms with Crippen LogP contribution in [0.1, 0.15) is 28.2 Å². The molecule has 1 saturated heterocycles. The van der Waals surface area contributed by atoms with E-state index < -0.39 is 0 Å². The van der Waals surface area contributed by atoms with Crippen molar-refractivity contribution >= 4 is 44.7 Å². The van der Waals surface area contributed by atoms with Gasteiger partial charge < -0.3 is 10.2 Å². The maximum atomic E-state index is 12.9. The van der Waals surface area contributed by atoms with Gasteiger partial charge in [-0.2, -0.15) is 5.10 Å². The zero-order chi connectivity index (χ0) is 20.7. The fourth-order valence-electron chi connectivity index (χ4n) is 3.77. The van der Waals surface area contributed by atoms with Gasteiger partial charge in [0.2, 0.25) is 5.91 Å². The van der Waals surface area contributed by atoms with Crippen molar-refractivity contribution in [3.8, 4) is 5.69 Å². The van der Waals surface area contributed by atoms with Crippen molar-refractivity contribution < 1.29 is 9.59 Å². The number of aryl methyl sites for hydroxylation is 1. The van der Waals surface area contributed by atoms with Crippen LogP contribution in [0, 0.1) is 6.92 Å². The lowest BCUT2D eigenvalue weighted by atomic mass is 10.2. The van der Waals surface area contributed by atoms with Gasteiger partial charge in [-0.3, -0.25) is 9.59 Å². The third kappa shape index (κ3) is 3.27. The summed E-state index contributed by atoms with van der Waals surface area (Å²) in [6.07, 6.45) is 1.45. The fourth-order valence-corrected chi connectivity index (χ4v) is 4.85. The first-order valence-corrected chi connectivity index (χ1v) is 10.7. The highest BCUT2D eigenvalue weighted by atomic mass is 32.1. The molecule has 1 N–H and O–H groups in total. The molecule has 2 aromatic carbocycles. The van der Waals surface area contributed by atoms with Crippen LogP contribution >= 0.6 is 11.3 Å². The van der Waals surface area contributed by atoms with Gasteiger partial charge in [-0.1, -0.05) is 24.3 Å². The average Bonchev–Trinajstić information content (AvgIpc) is 3.45. The molecule has 0 radical (unpaired) electrons. The summed E-state index contributed by atoms with van der Waals surface area (Å²) in [5.41, 5.74) is 3.35. The van der Waals surface area contributed by atoms with Crippen molar-refractivity contribution in [1.29, 1.82) is 0 Å². The number of carbonyl (C=O) groups excluding carboxylic acids is 2. The van der Waals surface area contributed by atoms with Crippen molar-refractivity contribution in [3.63, 3.8) is 0 Å². The summed E-state index contributed by atoms with van der Waals surface area (Å²) in [4.78, 5) is 28.3. The summed E-state index contributed by atoms with van der Waals surface area (Å²) in [7, 11) is 0. The van der Waals surface area contributed by atoms with Crippen LogP contribution in [0.5, 0.6) is 0 Å². The molecule has 2 aromatic heterocycles. The van der Waals surface area contributed by atoms with Crippen LogP contribution in [-0.2, 0) is 4.79 Å². The average molecular weight is 417 g/mol. The Labute approximate surface area is 177 Å². The molecule has 150 valence electrons. The minimum absolute atomic E-state index is 0.129. The van der Waals surface area contributed by atoms with Crippen molar-refractivity contribution in [2.75, 3.05) is 16.8 Å². The second kappa shape index (κ2) is 7.42. The number of carbonyl (C=O) groups is 2. The van der Waals surface area contributed by atoms with E-state index in [0.717, 1.165) is 40.3 Å². The lowest BCUT2D eigenvalue weighted by Gasteiger charge is -2.16. The standard InChI is InChI=1S/C23H20N4O2S/c1-15-19-14-20(30-23(19)27(25-15)17-8-3-2-4-9-17)22(29)24-16-7-5-10-18(13-16)26-12-6-11-21(26)28/h2-5,7-10,13-14H,6,11-12H2,1H3,(H,24,29). The summed E-state index contributed by atoms with van der Waals surface area (Å²) in [5.74, 6) is -0.0379. The Morgan fingerprint density at radius 2 is 1.87 bits per heavy atom. The number of hydrogen-bond donors (Lipinski definition) is 1. The van der Waals surface area contributed by atoms with Gasteiger partial charge in [-0.25, -0.2) is 4.68 Å². The van der Waals surface area contributed by atoms with E-state index in [1.165, 1.54) is 11.3 Å². The molecule has 0 saturated carbocycles. The zero-order valence-corrected chi connectivity index (χ0v) is 17.3. The molecule has 3 heterocycles. The van der Waals surface area contributed by atoms with E-state index >= 15 is 0 Å². The van der Waals surface area contributed by atoms with Gasteiger partial charge in [0.25, 0.3) is 5.91 Å². The first-order valence-electron chi connectivity index (χ1n) is 9.86. The maximum absolute atomic E-state index is 12.9. The predicted molar refractivity (Wildman–Crippen MR) is 120 cm³/mol. The van der Waals surface area contributed by atoms with E-state index in [-0.39, 0.29) is 11.8 Å². The monoisotopic (exact) mass is 416 g/mol. The molecule has 0 aliphatic carbocycles. The van der Waals surface area contributed by atoms with Gasteiger partial charge in [-0.05, 0) is 49.7 Å². The van der Waals surface area contributed by atoms with Crippen molar-refractivity contribution in [3.05, 3.63) is 71.2 Å². The van der Waals surface area contributed by atoms with Crippen LogP contribution in [0.3, 0.4) is 0 Å². The predicted octanol–water partition coefficient (Wildman–Crippen LogP) is 4.77. The van der Waals surface area contributed by atoms with Crippen LogP contribution in [0.4, 0.5) is 11.4 Å². The van der Waals surface area contributed by atoms with E-state index in [9.17, 15) is 9.59 Å². The number of aromatic nitrogens is 2. The number of amides is 2. The molecule has 1 fully saturated rings. The van der Waals surface area contributed by atoms with Gasteiger partial charge in [0.1, 0.15) is 4.83 Å². The molecule has 30 heavy (non-hydrogen) atoms. The molecule has 7 heteroatoms. The Hall–Kier alpha value is -3.45. The van der Waals surface area contributed by atoms with E-state index in [1.54, 1.807) is 4.90 Å². The molecule has 5 rings (SSSR count). The lowest BCUT2D eigenvalue weighted by molar-refractivity contribution is -0.117. The zero-order valence-electron chi connectivity index (χ0n) is 16.5. The Balaban J connectivity index is 1.43. The highest BCUT2D eigenvalue weighted by Gasteiger charge is 2.22. The molecule has 0 atom stereocenters. The molecule has 0 unspecified atom stereocenters. The van der Waals surface area contributed by atoms with Crippen LogP contribution in [0.2, 0.25) is 0 Å². The Morgan fingerprint density at radius 1 is 1.07 bits per heavy atom. The molecule has 6 nitrogen and oxygen atoms in total. The number of fused-ring (bicyclic) bond motifs is 1. The summed E-state index contributed by atoms with van der Waals surface area (Å²) in [6.45, 7) is 2.68. The normalized spacial score (nSPS) is 13.9. The Morgan fingerprint density at radius 3 is 2.63 bits per heavy atom. The van der Waals surface area contributed by atoms with Crippen molar-refractivity contribution in [2.24, 2.45) is 0 Å². The minimum atomic E-state index is -0.167. The van der Waals surface area contributed by atoms with E-state index in [4.69, 9.17) is 0 Å². The van der Waals surface area contributed by atoms with Gasteiger partial charge >= 0.3 is 0 Å². The summed E-state index contributed by atoms with van der Waals surface area (Å²) in [6, 6.07) is 19.2. The van der Waals surface area contributed by atoms with Gasteiger partial charge in [0.05, 0.1) is 16.3 Å². The number of rotatable bonds is 4. The second-order valence-corrected chi connectivity index (χ2v) is 8.35. The van der Waals surface area contributed by atoms with E-state index in [0.29, 0.717) is 17.0 Å². The molecule has 0 bridgehead atoms. The minimum Gasteiger partial charge on any atom is -0.321 e. The first kappa shape index (κ1) is 18.6. The smallest absolute Gasteiger partial charge is 0.265 e. The highest BCUT2D eigenvalue weighted by molar-refractivity contribution is 7.20. The number of nitrogens with one attached hydrogen (secondary N) is 1. The van der Waals surface area contributed by atoms with Crippen molar-refractivity contribution in [1.82, 2.24) is 9.78 Å². The molecular formula is C23H20N4O2S. The summed E-state index contributed by atoms with van der Waals surface area (Å²) < 4.78 is 1.88. The quantitative estimate of drug-likeness (QED) is 0.521. The lowest BCUT2D eigenvalue weighted by Crippen LogP contribution is -2.23. The number of benzene rings is 2. The third-order valence-corrected chi connectivity index (χ3v) is 6.37. The number of thiophene rings is 1. The molecule has 1 aliphatic rings. The van der Waals surface area contributed by atoms with Gasteiger partial charge in [0.15, 0.2) is 0 Å². The molecule has 1 aliphatic heterocycles. The Bertz CT molecular complexity index is 1260. The van der Waals surface area contributed by atoms with E-state index in [1.807, 2.05) is 72.3 Å². The third-order valence-electron chi connectivity index (χ3n) is 5.26. The Kier molecular flexibility index (Phi) is 4.59. The molecule has 2 amide bonds. The summed E-state index contributed by atoms with van der Waals surface area (Å²) >= 11 is 1.42. The van der Waals surface area contributed by atoms with Crippen LogP contribution in [-0.4, -0.2) is 28.1 Å². The van der Waals surface area contributed by atoms with Gasteiger partial charge in [0, 0.05) is 29.7 Å². The largest absolute Gasteiger partial charge is 0.321 e. The van der Waals surface area contributed by atoms with Gasteiger partial charge in [-0.15, -0.1) is 11.3 Å². The molecular weight excluding hydrogens is 396 g/mol. The van der Waals surface area contributed by atoms with Crippen molar-refractivity contribution in [2.45, 2.75) is 19.8 Å². The number of para-hydroxylation sites is 1. The number of hydrogen-bond acceptors (Lipinski definition) is 4.